The largest absolute Gasteiger partial charge is 0.389 e. The van der Waals surface area contributed by atoms with Gasteiger partial charge in [-0.3, -0.25) is 4.79 Å². The third-order valence-corrected chi connectivity index (χ3v) is 5.37. The SMILES string of the molecule is O=C(Cc1nc2ccccc2n1CC(O)COCc1ccccc1F)NCc1ccc(F)cc1. The summed E-state index contributed by atoms with van der Waals surface area (Å²) in [5.74, 6) is -0.427. The van der Waals surface area contributed by atoms with Gasteiger partial charge in [-0.2, -0.15) is 0 Å². The standard InChI is InChI=1S/C26H25F2N3O3/c27-20-11-9-18(10-12-20)14-29-26(33)13-25-30-23-7-3-4-8-24(23)31(25)15-21(32)17-34-16-19-5-1-2-6-22(19)28/h1-12,21,32H,13-17H2,(H,29,33). The number of para-hydroxylation sites is 2. The van der Waals surface area contributed by atoms with E-state index in [1.165, 1.54) is 18.2 Å². The van der Waals surface area contributed by atoms with Gasteiger partial charge in [0.15, 0.2) is 0 Å². The summed E-state index contributed by atoms with van der Waals surface area (Å²) in [7, 11) is 0. The maximum absolute atomic E-state index is 13.7. The Labute approximate surface area is 195 Å². The molecule has 6 nitrogen and oxygen atoms in total. The average molecular weight is 466 g/mol. The lowest BCUT2D eigenvalue weighted by atomic mass is 10.2. The lowest BCUT2D eigenvalue weighted by Crippen LogP contribution is -2.28. The molecule has 8 heteroatoms. The molecule has 0 aliphatic rings. The molecule has 2 N–H and O–H groups in total. The van der Waals surface area contributed by atoms with Crippen molar-refractivity contribution in [1.82, 2.24) is 14.9 Å². The van der Waals surface area contributed by atoms with E-state index in [9.17, 15) is 18.7 Å². The summed E-state index contributed by atoms with van der Waals surface area (Å²) in [5, 5.41) is 13.4. The normalized spacial score (nSPS) is 12.1. The maximum Gasteiger partial charge on any atom is 0.227 e. The molecule has 0 spiro atoms. The molecule has 0 fully saturated rings. The molecule has 176 valence electrons. The van der Waals surface area contributed by atoms with Gasteiger partial charge in [-0.1, -0.05) is 42.5 Å². The number of carbonyl (C=O) groups is 1. The first kappa shape index (κ1) is 23.5. The minimum atomic E-state index is -0.884. The Kier molecular flexibility index (Phi) is 7.61. The Morgan fingerprint density at radius 3 is 2.56 bits per heavy atom. The molecule has 4 aromatic rings. The van der Waals surface area contributed by atoms with Gasteiger partial charge in [0.25, 0.3) is 0 Å². The zero-order valence-corrected chi connectivity index (χ0v) is 18.5. The second-order valence-corrected chi connectivity index (χ2v) is 7.97. The van der Waals surface area contributed by atoms with Gasteiger partial charge in [-0.05, 0) is 35.9 Å². The zero-order valence-electron chi connectivity index (χ0n) is 18.5. The Morgan fingerprint density at radius 1 is 1.03 bits per heavy atom. The molecule has 1 aromatic heterocycles. The highest BCUT2D eigenvalue weighted by atomic mass is 19.1. The quantitative estimate of drug-likeness (QED) is 0.374. The number of aromatic nitrogens is 2. The van der Waals surface area contributed by atoms with Gasteiger partial charge >= 0.3 is 0 Å². The third kappa shape index (κ3) is 6.03. The van der Waals surface area contributed by atoms with Gasteiger partial charge in [0, 0.05) is 12.1 Å². The number of nitrogens with one attached hydrogen (secondary N) is 1. The number of halogens is 2. The van der Waals surface area contributed by atoms with Crippen LogP contribution in [0.1, 0.15) is 17.0 Å². The smallest absolute Gasteiger partial charge is 0.227 e. The van der Waals surface area contributed by atoms with E-state index in [0.29, 0.717) is 16.9 Å². The number of rotatable bonds is 10. The van der Waals surface area contributed by atoms with Crippen LogP contribution in [-0.4, -0.2) is 33.3 Å². The second-order valence-electron chi connectivity index (χ2n) is 7.97. The van der Waals surface area contributed by atoms with Crippen molar-refractivity contribution < 1.29 is 23.4 Å². The number of aliphatic hydroxyl groups is 1. The highest BCUT2D eigenvalue weighted by Crippen LogP contribution is 2.18. The van der Waals surface area contributed by atoms with E-state index in [0.717, 1.165) is 11.1 Å². The van der Waals surface area contributed by atoms with Crippen molar-refractivity contribution >= 4 is 16.9 Å². The number of imidazole rings is 1. The van der Waals surface area contributed by atoms with Crippen molar-refractivity contribution in [2.45, 2.75) is 32.2 Å². The monoisotopic (exact) mass is 465 g/mol. The average Bonchev–Trinajstić information content (AvgIpc) is 3.16. The van der Waals surface area contributed by atoms with Gasteiger partial charge < -0.3 is 19.7 Å². The molecule has 4 rings (SSSR count). The van der Waals surface area contributed by atoms with Crippen LogP contribution in [0.4, 0.5) is 8.78 Å². The number of fused-ring (bicyclic) bond motifs is 1. The van der Waals surface area contributed by atoms with Crippen LogP contribution in [0.5, 0.6) is 0 Å². The van der Waals surface area contributed by atoms with Crippen LogP contribution < -0.4 is 5.32 Å². The summed E-state index contributed by atoms with van der Waals surface area (Å²) in [6.45, 7) is 0.480. The van der Waals surface area contributed by atoms with Crippen LogP contribution in [0.25, 0.3) is 11.0 Å². The first-order chi connectivity index (χ1) is 16.5. The third-order valence-electron chi connectivity index (χ3n) is 5.37. The molecule has 0 bridgehead atoms. The number of hydrogen-bond acceptors (Lipinski definition) is 4. The van der Waals surface area contributed by atoms with Crippen molar-refractivity contribution in [3.8, 4) is 0 Å². The van der Waals surface area contributed by atoms with E-state index in [4.69, 9.17) is 4.74 Å². The molecule has 1 unspecified atom stereocenters. The molecule has 1 amide bonds. The fraction of sp³-hybridized carbons (Fsp3) is 0.231. The van der Waals surface area contributed by atoms with E-state index < -0.39 is 6.10 Å². The molecule has 0 radical (unpaired) electrons. The fourth-order valence-corrected chi connectivity index (χ4v) is 3.66. The summed E-state index contributed by atoms with van der Waals surface area (Å²) in [5.41, 5.74) is 2.70. The van der Waals surface area contributed by atoms with Crippen LogP contribution in [0.2, 0.25) is 0 Å². The van der Waals surface area contributed by atoms with E-state index in [2.05, 4.69) is 10.3 Å². The predicted molar refractivity (Wildman–Crippen MR) is 124 cm³/mol. The van der Waals surface area contributed by atoms with Crippen molar-refractivity contribution in [1.29, 1.82) is 0 Å². The summed E-state index contributed by atoms with van der Waals surface area (Å²) in [6, 6.07) is 19.7. The minimum Gasteiger partial charge on any atom is -0.389 e. The number of amides is 1. The van der Waals surface area contributed by atoms with E-state index in [-0.39, 0.29) is 50.3 Å². The Balaban J connectivity index is 1.39. The summed E-state index contributed by atoms with van der Waals surface area (Å²) in [6.07, 6.45) is -0.871. The molecular weight excluding hydrogens is 440 g/mol. The first-order valence-corrected chi connectivity index (χ1v) is 10.9. The molecular formula is C26H25F2N3O3. The van der Waals surface area contributed by atoms with Crippen molar-refractivity contribution in [2.75, 3.05) is 6.61 Å². The predicted octanol–water partition coefficient (Wildman–Crippen LogP) is 3.75. The molecule has 1 heterocycles. The van der Waals surface area contributed by atoms with Gasteiger partial charge in [-0.25, -0.2) is 13.8 Å². The summed E-state index contributed by atoms with van der Waals surface area (Å²) in [4.78, 5) is 17.1. The summed E-state index contributed by atoms with van der Waals surface area (Å²) < 4.78 is 34.1. The van der Waals surface area contributed by atoms with Crippen molar-refractivity contribution in [2.24, 2.45) is 0 Å². The van der Waals surface area contributed by atoms with Gasteiger partial charge in [0.1, 0.15) is 17.5 Å². The molecule has 0 saturated carbocycles. The topological polar surface area (TPSA) is 76.4 Å². The minimum absolute atomic E-state index is 0.00293. The van der Waals surface area contributed by atoms with Gasteiger partial charge in [0.2, 0.25) is 5.91 Å². The van der Waals surface area contributed by atoms with Crippen LogP contribution >= 0.6 is 0 Å². The van der Waals surface area contributed by atoms with E-state index >= 15 is 0 Å². The highest BCUT2D eigenvalue weighted by molar-refractivity contribution is 5.81. The van der Waals surface area contributed by atoms with Crippen LogP contribution in [0.15, 0.2) is 72.8 Å². The number of nitrogens with zero attached hydrogens (tertiary/aromatic N) is 2. The number of aliphatic hydroxyl groups excluding tert-OH is 1. The van der Waals surface area contributed by atoms with E-state index in [1.807, 2.05) is 24.3 Å². The van der Waals surface area contributed by atoms with Crippen molar-refractivity contribution in [3.05, 3.63) is 101 Å². The van der Waals surface area contributed by atoms with Crippen LogP contribution in [-0.2, 0) is 35.6 Å². The lowest BCUT2D eigenvalue weighted by molar-refractivity contribution is -0.120. The van der Waals surface area contributed by atoms with Crippen molar-refractivity contribution in [3.63, 3.8) is 0 Å². The van der Waals surface area contributed by atoms with E-state index in [1.54, 1.807) is 34.9 Å². The zero-order chi connectivity index (χ0) is 23.9. The van der Waals surface area contributed by atoms with Gasteiger partial charge in [-0.15, -0.1) is 0 Å². The van der Waals surface area contributed by atoms with Gasteiger partial charge in [0.05, 0.1) is 43.3 Å². The van der Waals surface area contributed by atoms with Crippen LogP contribution in [0.3, 0.4) is 0 Å². The Morgan fingerprint density at radius 2 is 1.76 bits per heavy atom. The number of ether oxygens (including phenoxy) is 1. The fourth-order valence-electron chi connectivity index (χ4n) is 3.66. The number of hydrogen-bond donors (Lipinski definition) is 2. The molecule has 0 saturated heterocycles. The Bertz CT molecular complexity index is 1260. The van der Waals surface area contributed by atoms with Crippen LogP contribution in [0, 0.1) is 11.6 Å². The number of benzene rings is 3. The highest BCUT2D eigenvalue weighted by Gasteiger charge is 2.17. The molecule has 0 aliphatic carbocycles. The second kappa shape index (κ2) is 11.0. The molecule has 3 aromatic carbocycles. The number of carbonyl (C=O) groups excluding carboxylic acids is 1. The molecule has 1 atom stereocenters. The molecule has 0 aliphatic heterocycles. The first-order valence-electron chi connectivity index (χ1n) is 10.9. The maximum atomic E-state index is 13.7. The lowest BCUT2D eigenvalue weighted by Gasteiger charge is -2.15. The summed E-state index contributed by atoms with van der Waals surface area (Å²) >= 11 is 0. The Hall–Kier alpha value is -3.62. The molecule has 34 heavy (non-hydrogen) atoms.